The maximum Gasteiger partial charge on any atom is 0.0985 e. The molecule has 2 rings (SSSR count). The summed E-state index contributed by atoms with van der Waals surface area (Å²) in [5.74, 6) is 1.15. The van der Waals surface area contributed by atoms with Crippen LogP contribution in [0.15, 0.2) is 11.8 Å². The summed E-state index contributed by atoms with van der Waals surface area (Å²) in [6.07, 6.45) is 6.05. The van der Waals surface area contributed by atoms with E-state index >= 15 is 0 Å². The standard InChI is InChI=1S/C8H12O2/c1-2-7(1)10-8-3-5-9-6-4-8/h3,7H,1-2,4-6H2. The summed E-state index contributed by atoms with van der Waals surface area (Å²) in [5.41, 5.74) is 0. The van der Waals surface area contributed by atoms with E-state index in [0.29, 0.717) is 6.10 Å². The van der Waals surface area contributed by atoms with E-state index in [4.69, 9.17) is 9.47 Å². The second kappa shape index (κ2) is 2.62. The van der Waals surface area contributed by atoms with Gasteiger partial charge in [0, 0.05) is 6.42 Å². The Morgan fingerprint density at radius 2 is 2.40 bits per heavy atom. The molecular formula is C8H12O2. The molecule has 0 unspecified atom stereocenters. The molecule has 0 amide bonds. The lowest BCUT2D eigenvalue weighted by Gasteiger charge is -2.13. The number of rotatable bonds is 2. The van der Waals surface area contributed by atoms with Crippen molar-refractivity contribution in [3.63, 3.8) is 0 Å². The van der Waals surface area contributed by atoms with Gasteiger partial charge in [0.15, 0.2) is 0 Å². The Morgan fingerprint density at radius 3 is 3.00 bits per heavy atom. The van der Waals surface area contributed by atoms with Crippen LogP contribution < -0.4 is 0 Å². The number of hydrogen-bond acceptors (Lipinski definition) is 2. The summed E-state index contributed by atoms with van der Waals surface area (Å²) in [6.45, 7) is 1.57. The molecule has 56 valence electrons. The maximum atomic E-state index is 5.58. The molecule has 1 fully saturated rings. The van der Waals surface area contributed by atoms with E-state index in [1.54, 1.807) is 0 Å². The summed E-state index contributed by atoms with van der Waals surface area (Å²) in [7, 11) is 0. The molecule has 0 saturated heterocycles. The van der Waals surface area contributed by atoms with Crippen molar-refractivity contribution in [3.05, 3.63) is 11.8 Å². The molecule has 1 heterocycles. The van der Waals surface area contributed by atoms with E-state index in [1.165, 1.54) is 12.8 Å². The topological polar surface area (TPSA) is 18.5 Å². The average molecular weight is 140 g/mol. The average Bonchev–Trinajstić information content (AvgIpc) is 2.74. The Bertz CT molecular complexity index is 147. The predicted octanol–water partition coefficient (Wildman–Crippen LogP) is 1.47. The first-order valence-corrected chi connectivity index (χ1v) is 3.88. The zero-order valence-corrected chi connectivity index (χ0v) is 6.01. The Hall–Kier alpha value is -0.500. The number of hydrogen-bond donors (Lipinski definition) is 0. The summed E-state index contributed by atoms with van der Waals surface area (Å²) < 4.78 is 10.7. The van der Waals surface area contributed by atoms with Crippen LogP contribution in [-0.2, 0) is 9.47 Å². The van der Waals surface area contributed by atoms with Crippen LogP contribution >= 0.6 is 0 Å². The minimum Gasteiger partial charge on any atom is -0.495 e. The van der Waals surface area contributed by atoms with Gasteiger partial charge in [0.05, 0.1) is 25.1 Å². The molecule has 0 radical (unpaired) electrons. The van der Waals surface area contributed by atoms with E-state index in [0.717, 1.165) is 25.4 Å². The maximum absolute atomic E-state index is 5.58. The van der Waals surface area contributed by atoms with Crippen molar-refractivity contribution in [2.45, 2.75) is 25.4 Å². The lowest BCUT2D eigenvalue weighted by Crippen LogP contribution is -2.07. The van der Waals surface area contributed by atoms with Gasteiger partial charge in [0.25, 0.3) is 0 Å². The van der Waals surface area contributed by atoms with Crippen molar-refractivity contribution >= 4 is 0 Å². The van der Waals surface area contributed by atoms with Crippen molar-refractivity contribution in [1.82, 2.24) is 0 Å². The third kappa shape index (κ3) is 1.51. The fraction of sp³-hybridized carbons (Fsp3) is 0.750. The monoisotopic (exact) mass is 140 g/mol. The largest absolute Gasteiger partial charge is 0.495 e. The first-order chi connectivity index (χ1) is 4.95. The van der Waals surface area contributed by atoms with Gasteiger partial charge in [0.1, 0.15) is 0 Å². The van der Waals surface area contributed by atoms with Gasteiger partial charge < -0.3 is 9.47 Å². The van der Waals surface area contributed by atoms with Gasteiger partial charge in [-0.2, -0.15) is 0 Å². The van der Waals surface area contributed by atoms with Crippen molar-refractivity contribution in [3.8, 4) is 0 Å². The van der Waals surface area contributed by atoms with E-state index in [9.17, 15) is 0 Å². The molecule has 10 heavy (non-hydrogen) atoms. The van der Waals surface area contributed by atoms with Gasteiger partial charge >= 0.3 is 0 Å². The lowest BCUT2D eigenvalue weighted by atomic mass is 10.3. The third-order valence-electron chi connectivity index (χ3n) is 1.76. The summed E-state index contributed by atoms with van der Waals surface area (Å²) in [4.78, 5) is 0. The van der Waals surface area contributed by atoms with Crippen LogP contribution in [0.2, 0.25) is 0 Å². The van der Waals surface area contributed by atoms with Gasteiger partial charge in [-0.05, 0) is 18.9 Å². The predicted molar refractivity (Wildman–Crippen MR) is 37.6 cm³/mol. The van der Waals surface area contributed by atoms with Crippen LogP contribution in [0.5, 0.6) is 0 Å². The molecule has 0 spiro atoms. The van der Waals surface area contributed by atoms with Crippen LogP contribution in [0.1, 0.15) is 19.3 Å². The van der Waals surface area contributed by atoms with Crippen LogP contribution in [0, 0.1) is 0 Å². The van der Waals surface area contributed by atoms with Gasteiger partial charge in [-0.3, -0.25) is 0 Å². The summed E-state index contributed by atoms with van der Waals surface area (Å²) in [5, 5.41) is 0. The zero-order chi connectivity index (χ0) is 6.81. The van der Waals surface area contributed by atoms with Crippen molar-refractivity contribution in [2.24, 2.45) is 0 Å². The zero-order valence-electron chi connectivity index (χ0n) is 6.01. The Kier molecular flexibility index (Phi) is 1.63. The fourth-order valence-electron chi connectivity index (χ4n) is 1.02. The van der Waals surface area contributed by atoms with Crippen molar-refractivity contribution in [1.29, 1.82) is 0 Å². The molecule has 0 aromatic carbocycles. The van der Waals surface area contributed by atoms with Crippen molar-refractivity contribution < 1.29 is 9.47 Å². The molecular weight excluding hydrogens is 128 g/mol. The van der Waals surface area contributed by atoms with Crippen molar-refractivity contribution in [2.75, 3.05) is 13.2 Å². The second-order valence-electron chi connectivity index (χ2n) is 2.81. The van der Waals surface area contributed by atoms with Gasteiger partial charge in [-0.15, -0.1) is 0 Å². The van der Waals surface area contributed by atoms with E-state index in [2.05, 4.69) is 0 Å². The molecule has 1 aliphatic carbocycles. The van der Waals surface area contributed by atoms with Crippen LogP contribution in [0.4, 0.5) is 0 Å². The Labute approximate surface area is 60.8 Å². The SMILES string of the molecule is C1=C(OC2CC2)CCOC1. The van der Waals surface area contributed by atoms with E-state index in [-0.39, 0.29) is 0 Å². The van der Waals surface area contributed by atoms with Crippen LogP contribution in [0.3, 0.4) is 0 Å². The second-order valence-corrected chi connectivity index (χ2v) is 2.81. The van der Waals surface area contributed by atoms with Crippen LogP contribution in [0.25, 0.3) is 0 Å². The molecule has 2 heteroatoms. The highest BCUT2D eigenvalue weighted by molar-refractivity contribution is 4.98. The summed E-state index contributed by atoms with van der Waals surface area (Å²) in [6, 6.07) is 0. The summed E-state index contributed by atoms with van der Waals surface area (Å²) >= 11 is 0. The first-order valence-electron chi connectivity index (χ1n) is 3.88. The third-order valence-corrected chi connectivity index (χ3v) is 1.76. The van der Waals surface area contributed by atoms with E-state index < -0.39 is 0 Å². The fourth-order valence-corrected chi connectivity index (χ4v) is 1.02. The van der Waals surface area contributed by atoms with E-state index in [1.807, 2.05) is 6.08 Å². The molecule has 0 atom stereocenters. The highest BCUT2D eigenvalue weighted by atomic mass is 16.5. The molecule has 0 bridgehead atoms. The molecule has 2 nitrogen and oxygen atoms in total. The highest BCUT2D eigenvalue weighted by Gasteiger charge is 2.24. The van der Waals surface area contributed by atoms with Gasteiger partial charge in [-0.25, -0.2) is 0 Å². The highest BCUT2D eigenvalue weighted by Crippen LogP contribution is 2.27. The molecule has 0 aromatic rings. The first kappa shape index (κ1) is 6.23. The molecule has 0 N–H and O–H groups in total. The minimum absolute atomic E-state index is 0.546. The lowest BCUT2D eigenvalue weighted by molar-refractivity contribution is 0.106. The smallest absolute Gasteiger partial charge is 0.0985 e. The molecule has 1 saturated carbocycles. The minimum atomic E-state index is 0.546. The quantitative estimate of drug-likeness (QED) is 0.578. The Balaban J connectivity index is 1.83. The normalized spacial score (nSPS) is 25.8. The van der Waals surface area contributed by atoms with Gasteiger partial charge in [0.2, 0.25) is 0 Å². The van der Waals surface area contributed by atoms with Gasteiger partial charge in [-0.1, -0.05) is 0 Å². The number of ether oxygens (including phenoxy) is 2. The molecule has 1 aliphatic heterocycles. The molecule has 2 aliphatic rings. The van der Waals surface area contributed by atoms with Crippen LogP contribution in [-0.4, -0.2) is 19.3 Å². The Morgan fingerprint density at radius 1 is 1.50 bits per heavy atom. The molecule has 0 aromatic heterocycles.